The number of nitrogens with one attached hydrogen (secondary N) is 1. The third kappa shape index (κ3) is 5.16. The molecule has 0 radical (unpaired) electrons. The van der Waals surface area contributed by atoms with Crippen molar-refractivity contribution in [3.05, 3.63) is 47.0 Å². The van der Waals surface area contributed by atoms with Gasteiger partial charge in [0.2, 0.25) is 0 Å². The largest absolute Gasteiger partial charge is 0.389 e. The number of benzene rings is 2. The Balaban J connectivity index is 1.94. The van der Waals surface area contributed by atoms with Gasteiger partial charge >= 0.3 is 0 Å². The van der Waals surface area contributed by atoms with Crippen molar-refractivity contribution in [1.29, 1.82) is 0 Å². The molecule has 4 nitrogen and oxygen atoms in total. The highest BCUT2D eigenvalue weighted by Crippen LogP contribution is 2.29. The van der Waals surface area contributed by atoms with E-state index >= 15 is 0 Å². The van der Waals surface area contributed by atoms with Crippen molar-refractivity contribution in [1.82, 2.24) is 5.32 Å². The first-order valence-corrected chi connectivity index (χ1v) is 8.16. The van der Waals surface area contributed by atoms with Crippen molar-refractivity contribution in [3.8, 4) is 0 Å². The molecule has 0 aliphatic heterocycles. The number of halogens is 1. The molecule has 2 atom stereocenters. The molecule has 0 aliphatic rings. The number of methoxy groups -OCH3 is 1. The predicted octanol–water partition coefficient (Wildman–Crippen LogP) is 3.17. The molecular formula is C18H24ClNO3. The molecule has 0 saturated heterocycles. The topological polar surface area (TPSA) is 50.7 Å². The fourth-order valence-electron chi connectivity index (χ4n) is 2.51. The second-order valence-electron chi connectivity index (χ2n) is 5.53. The molecule has 126 valence electrons. The lowest BCUT2D eigenvalue weighted by atomic mass is 9.99. The van der Waals surface area contributed by atoms with Crippen LogP contribution in [0, 0.1) is 0 Å². The van der Waals surface area contributed by atoms with Crippen LogP contribution in [0.25, 0.3) is 10.8 Å². The Morgan fingerprint density at radius 1 is 1.13 bits per heavy atom. The minimum Gasteiger partial charge on any atom is -0.389 e. The van der Waals surface area contributed by atoms with Gasteiger partial charge in [0.15, 0.2) is 0 Å². The van der Waals surface area contributed by atoms with Gasteiger partial charge in [-0.05, 0) is 23.9 Å². The molecule has 0 bridgehead atoms. The highest BCUT2D eigenvalue weighted by molar-refractivity contribution is 6.35. The van der Waals surface area contributed by atoms with Crippen LogP contribution < -0.4 is 5.32 Å². The molecule has 0 fully saturated rings. The van der Waals surface area contributed by atoms with E-state index in [9.17, 15) is 5.11 Å². The van der Waals surface area contributed by atoms with Crippen LogP contribution in [0.15, 0.2) is 36.4 Å². The summed E-state index contributed by atoms with van der Waals surface area (Å²) in [5, 5.41) is 16.2. The van der Waals surface area contributed by atoms with Crippen LogP contribution in [0.3, 0.4) is 0 Å². The van der Waals surface area contributed by atoms with Gasteiger partial charge in [0, 0.05) is 30.1 Å². The summed E-state index contributed by atoms with van der Waals surface area (Å²) in [5.41, 5.74) is 1.16. The van der Waals surface area contributed by atoms with Crippen molar-refractivity contribution < 1.29 is 14.6 Å². The van der Waals surface area contributed by atoms with E-state index < -0.39 is 6.10 Å². The van der Waals surface area contributed by atoms with E-state index in [1.54, 1.807) is 7.11 Å². The number of ether oxygens (including phenoxy) is 2. The molecule has 0 spiro atoms. The summed E-state index contributed by atoms with van der Waals surface area (Å²) in [4.78, 5) is 0. The molecule has 5 heteroatoms. The highest BCUT2D eigenvalue weighted by atomic mass is 35.5. The van der Waals surface area contributed by atoms with Crippen LogP contribution in [0.5, 0.6) is 0 Å². The van der Waals surface area contributed by atoms with Crippen molar-refractivity contribution in [3.63, 3.8) is 0 Å². The van der Waals surface area contributed by atoms with Gasteiger partial charge in [-0.15, -0.1) is 0 Å². The van der Waals surface area contributed by atoms with Crippen molar-refractivity contribution in [2.24, 2.45) is 0 Å². The summed E-state index contributed by atoms with van der Waals surface area (Å²) in [6, 6.07) is 12.1. The minimum absolute atomic E-state index is 0.103. The predicted molar refractivity (Wildman–Crippen MR) is 94.1 cm³/mol. The van der Waals surface area contributed by atoms with Crippen LogP contribution in [0.1, 0.15) is 18.5 Å². The normalized spacial score (nSPS) is 14.1. The van der Waals surface area contributed by atoms with Gasteiger partial charge in [0.1, 0.15) is 0 Å². The number of rotatable bonds is 9. The Labute approximate surface area is 142 Å². The van der Waals surface area contributed by atoms with Crippen LogP contribution in [0.2, 0.25) is 5.02 Å². The standard InChI is InChI=1S/C18H24ClNO3/c1-13(20-11-14(21)12-23-10-9-22-2)15-7-8-18(19)17-6-4-3-5-16(15)17/h3-8,13-14,20-21H,9-12H2,1-2H3. The average molecular weight is 338 g/mol. The third-order valence-electron chi connectivity index (χ3n) is 3.77. The molecule has 2 aromatic carbocycles. The van der Waals surface area contributed by atoms with Gasteiger partial charge in [-0.2, -0.15) is 0 Å². The number of hydrogen-bond acceptors (Lipinski definition) is 4. The Morgan fingerprint density at radius 3 is 2.61 bits per heavy atom. The first-order valence-electron chi connectivity index (χ1n) is 7.78. The lowest BCUT2D eigenvalue weighted by Gasteiger charge is -2.19. The van der Waals surface area contributed by atoms with Crippen LogP contribution >= 0.6 is 11.6 Å². The van der Waals surface area contributed by atoms with Crippen LogP contribution in [0.4, 0.5) is 0 Å². The van der Waals surface area contributed by atoms with Gasteiger partial charge in [0.25, 0.3) is 0 Å². The Bertz CT molecular complexity index is 620. The van der Waals surface area contributed by atoms with Crippen LogP contribution in [-0.2, 0) is 9.47 Å². The maximum atomic E-state index is 9.95. The summed E-state index contributed by atoms with van der Waals surface area (Å²) in [5.74, 6) is 0. The second-order valence-corrected chi connectivity index (χ2v) is 5.94. The molecule has 0 aromatic heterocycles. The van der Waals surface area contributed by atoms with Crippen molar-refractivity contribution >= 4 is 22.4 Å². The van der Waals surface area contributed by atoms with E-state index in [0.29, 0.717) is 26.4 Å². The Morgan fingerprint density at radius 2 is 1.87 bits per heavy atom. The summed E-state index contributed by atoms with van der Waals surface area (Å²) in [6.07, 6.45) is -0.548. The molecular weight excluding hydrogens is 314 g/mol. The number of fused-ring (bicyclic) bond motifs is 1. The Kier molecular flexibility index (Phi) is 7.27. The Hall–Kier alpha value is -1.17. The van der Waals surface area contributed by atoms with Gasteiger partial charge in [0.05, 0.1) is 25.9 Å². The zero-order chi connectivity index (χ0) is 16.7. The first-order chi connectivity index (χ1) is 11.1. The lowest BCUT2D eigenvalue weighted by Crippen LogP contribution is -2.32. The summed E-state index contributed by atoms with van der Waals surface area (Å²) in [6.45, 7) is 3.86. The van der Waals surface area contributed by atoms with E-state index in [1.807, 2.05) is 30.3 Å². The van der Waals surface area contributed by atoms with Crippen LogP contribution in [-0.4, -0.2) is 44.7 Å². The van der Waals surface area contributed by atoms with E-state index in [4.69, 9.17) is 21.1 Å². The summed E-state index contributed by atoms with van der Waals surface area (Å²) >= 11 is 6.26. The second kappa shape index (κ2) is 9.21. The smallest absolute Gasteiger partial charge is 0.0897 e. The highest BCUT2D eigenvalue weighted by Gasteiger charge is 2.12. The van der Waals surface area contributed by atoms with E-state index in [2.05, 4.69) is 18.3 Å². The third-order valence-corrected chi connectivity index (χ3v) is 4.10. The molecule has 2 rings (SSSR count). The molecule has 0 saturated carbocycles. The SMILES string of the molecule is COCCOCC(O)CNC(C)c1ccc(Cl)c2ccccc12. The molecule has 0 amide bonds. The van der Waals surface area contributed by atoms with E-state index in [1.165, 1.54) is 0 Å². The molecule has 23 heavy (non-hydrogen) atoms. The number of aliphatic hydroxyl groups excluding tert-OH is 1. The quantitative estimate of drug-likeness (QED) is 0.690. The molecule has 0 aliphatic carbocycles. The average Bonchev–Trinajstić information content (AvgIpc) is 2.57. The summed E-state index contributed by atoms with van der Waals surface area (Å²) < 4.78 is 10.2. The number of aliphatic hydroxyl groups is 1. The fourth-order valence-corrected chi connectivity index (χ4v) is 2.73. The maximum absolute atomic E-state index is 9.95. The number of hydrogen-bond donors (Lipinski definition) is 2. The first kappa shape index (κ1) is 18.2. The molecule has 2 N–H and O–H groups in total. The zero-order valence-corrected chi connectivity index (χ0v) is 14.3. The van der Waals surface area contributed by atoms with Gasteiger partial charge < -0.3 is 19.9 Å². The van der Waals surface area contributed by atoms with Gasteiger partial charge in [-0.1, -0.05) is 41.9 Å². The minimum atomic E-state index is -0.548. The maximum Gasteiger partial charge on any atom is 0.0897 e. The molecule has 2 aromatic rings. The lowest BCUT2D eigenvalue weighted by molar-refractivity contribution is 0.0130. The summed E-state index contributed by atoms with van der Waals surface area (Å²) in [7, 11) is 1.62. The van der Waals surface area contributed by atoms with Gasteiger partial charge in [-0.25, -0.2) is 0 Å². The van der Waals surface area contributed by atoms with Gasteiger partial charge in [-0.3, -0.25) is 0 Å². The zero-order valence-electron chi connectivity index (χ0n) is 13.6. The van der Waals surface area contributed by atoms with E-state index in [-0.39, 0.29) is 6.04 Å². The van der Waals surface area contributed by atoms with E-state index in [0.717, 1.165) is 21.4 Å². The van der Waals surface area contributed by atoms with Crippen molar-refractivity contribution in [2.45, 2.75) is 19.1 Å². The molecule has 2 unspecified atom stereocenters. The monoisotopic (exact) mass is 337 g/mol. The fraction of sp³-hybridized carbons (Fsp3) is 0.444. The molecule has 0 heterocycles. The van der Waals surface area contributed by atoms with Crippen molar-refractivity contribution in [2.75, 3.05) is 33.5 Å².